The first-order valence-electron chi connectivity index (χ1n) is 12.4. The molecule has 3 heterocycles. The summed E-state index contributed by atoms with van der Waals surface area (Å²) in [5, 5.41) is 7.30. The van der Waals surface area contributed by atoms with E-state index in [2.05, 4.69) is 35.6 Å². The van der Waals surface area contributed by atoms with Crippen LogP contribution in [0.2, 0.25) is 5.28 Å². The monoisotopic (exact) mass is 527 g/mol. The molecule has 0 spiro atoms. The van der Waals surface area contributed by atoms with E-state index in [1.807, 2.05) is 0 Å². The molecule has 192 valence electrons. The van der Waals surface area contributed by atoms with E-state index in [0.717, 1.165) is 56.0 Å². The normalized spacial score (nSPS) is 19.8. The summed E-state index contributed by atoms with van der Waals surface area (Å²) >= 11 is 6.06. The molecule has 11 heteroatoms. The number of rotatable bonds is 6. The van der Waals surface area contributed by atoms with Gasteiger partial charge < -0.3 is 15.6 Å². The van der Waals surface area contributed by atoms with Crippen molar-refractivity contribution in [2.75, 3.05) is 10.6 Å². The predicted octanol–water partition coefficient (Wildman–Crippen LogP) is 6.51. The number of H-pyrrole nitrogens is 1. The molecule has 2 aliphatic carbocycles. The van der Waals surface area contributed by atoms with Gasteiger partial charge >= 0.3 is 0 Å². The minimum absolute atomic E-state index is 0.0394. The van der Waals surface area contributed by atoms with Crippen LogP contribution in [0.3, 0.4) is 0 Å². The van der Waals surface area contributed by atoms with Gasteiger partial charge in [0, 0.05) is 47.1 Å². The number of nitrogens with zero attached hydrogens (tertiary/aromatic N) is 4. The van der Waals surface area contributed by atoms with E-state index in [0.29, 0.717) is 16.9 Å². The van der Waals surface area contributed by atoms with Gasteiger partial charge in [-0.25, -0.2) is 33.1 Å². The van der Waals surface area contributed by atoms with E-state index in [1.54, 1.807) is 13.1 Å². The third-order valence-corrected chi connectivity index (χ3v) is 7.31. The number of hydrogen-bond acceptors (Lipinski definition) is 6. The summed E-state index contributed by atoms with van der Waals surface area (Å²) in [5.74, 6) is -0.461. The Hall–Kier alpha value is -3.40. The molecular formula is C26H25ClF3N7. The lowest BCUT2D eigenvalue weighted by atomic mass is 9.90. The van der Waals surface area contributed by atoms with Gasteiger partial charge in [0.1, 0.15) is 17.5 Å². The standard InChI is InChI=1S/C26H25ClF3N7/c1-12-21(30)25(36-24(33-12)19-11-31-22-17(19)7-14(28)8-20(22)29)35-16-4-2-3-15(9-16)34-23-18(13-5-6-13)10-32-26(27)37-23/h7-8,10-11,13,15-16,31H,2-6,9H2,1H3,(H,32,34,37)(H,33,35,36)/t15-,16+/m1/s1. The van der Waals surface area contributed by atoms with Crippen molar-refractivity contribution in [3.05, 3.63) is 58.5 Å². The van der Waals surface area contributed by atoms with Crippen molar-refractivity contribution in [2.24, 2.45) is 0 Å². The van der Waals surface area contributed by atoms with Crippen LogP contribution in [-0.4, -0.2) is 37.0 Å². The maximum atomic E-state index is 15.1. The van der Waals surface area contributed by atoms with Crippen LogP contribution >= 0.6 is 11.6 Å². The van der Waals surface area contributed by atoms with Crippen molar-refractivity contribution in [1.82, 2.24) is 24.9 Å². The molecule has 3 aromatic heterocycles. The van der Waals surface area contributed by atoms with Crippen molar-refractivity contribution in [2.45, 2.75) is 63.5 Å². The van der Waals surface area contributed by atoms with Crippen LogP contribution in [-0.2, 0) is 0 Å². The number of aryl methyl sites for hydroxylation is 1. The smallest absolute Gasteiger partial charge is 0.224 e. The lowest BCUT2D eigenvalue weighted by molar-refractivity contribution is 0.424. The molecule has 2 aliphatic rings. The summed E-state index contributed by atoms with van der Waals surface area (Å²) < 4.78 is 43.2. The van der Waals surface area contributed by atoms with Gasteiger partial charge in [-0.15, -0.1) is 0 Å². The summed E-state index contributed by atoms with van der Waals surface area (Å²) in [4.78, 5) is 20.1. The Morgan fingerprint density at radius 1 is 0.973 bits per heavy atom. The Morgan fingerprint density at radius 3 is 2.49 bits per heavy atom. The van der Waals surface area contributed by atoms with Gasteiger partial charge in [-0.3, -0.25) is 0 Å². The summed E-state index contributed by atoms with van der Waals surface area (Å²) in [6, 6.07) is 2.11. The highest BCUT2D eigenvalue weighted by molar-refractivity contribution is 6.28. The van der Waals surface area contributed by atoms with E-state index in [1.165, 1.54) is 12.3 Å². The van der Waals surface area contributed by atoms with Gasteiger partial charge in [0.2, 0.25) is 5.28 Å². The van der Waals surface area contributed by atoms with Gasteiger partial charge in [0.05, 0.1) is 11.2 Å². The van der Waals surface area contributed by atoms with Crippen LogP contribution in [0.4, 0.5) is 24.8 Å². The highest BCUT2D eigenvalue weighted by Gasteiger charge is 2.30. The zero-order valence-corrected chi connectivity index (χ0v) is 20.8. The number of aromatic amines is 1. The molecular weight excluding hydrogens is 503 g/mol. The lowest BCUT2D eigenvalue weighted by Crippen LogP contribution is -2.35. The molecule has 2 fully saturated rings. The molecule has 2 atom stereocenters. The van der Waals surface area contributed by atoms with Crippen molar-refractivity contribution < 1.29 is 13.2 Å². The van der Waals surface area contributed by atoms with E-state index >= 15 is 4.39 Å². The van der Waals surface area contributed by atoms with Gasteiger partial charge in [0.25, 0.3) is 0 Å². The highest BCUT2D eigenvalue weighted by Crippen LogP contribution is 2.43. The van der Waals surface area contributed by atoms with E-state index in [4.69, 9.17) is 11.6 Å². The Morgan fingerprint density at radius 2 is 1.73 bits per heavy atom. The average molecular weight is 528 g/mol. The summed E-state index contributed by atoms with van der Waals surface area (Å²) in [6.07, 6.45) is 9.02. The van der Waals surface area contributed by atoms with E-state index in [-0.39, 0.29) is 40.2 Å². The fraction of sp³-hybridized carbons (Fsp3) is 0.385. The molecule has 7 nitrogen and oxygen atoms in total. The number of hydrogen-bond donors (Lipinski definition) is 3. The molecule has 0 saturated heterocycles. The molecule has 6 rings (SSSR count). The van der Waals surface area contributed by atoms with Crippen LogP contribution in [0.15, 0.2) is 24.5 Å². The number of benzene rings is 1. The topological polar surface area (TPSA) is 91.4 Å². The fourth-order valence-electron chi connectivity index (χ4n) is 5.13. The number of anilines is 2. The SMILES string of the molecule is Cc1nc(-c2c[nH]c3c(F)cc(F)cc23)nc(N[C@H]2CCC[C@@H](Nc3nc(Cl)ncc3C3CC3)C2)c1F. The second kappa shape index (κ2) is 9.48. The lowest BCUT2D eigenvalue weighted by Gasteiger charge is -2.31. The first-order chi connectivity index (χ1) is 17.9. The molecule has 0 aliphatic heterocycles. The second-order valence-corrected chi connectivity index (χ2v) is 10.2. The maximum absolute atomic E-state index is 15.1. The van der Waals surface area contributed by atoms with E-state index < -0.39 is 17.5 Å². The van der Waals surface area contributed by atoms with Crippen LogP contribution in [0.1, 0.15) is 55.7 Å². The summed E-state index contributed by atoms with van der Waals surface area (Å²) in [7, 11) is 0. The number of nitrogens with one attached hydrogen (secondary N) is 3. The minimum atomic E-state index is -0.714. The molecule has 37 heavy (non-hydrogen) atoms. The fourth-order valence-corrected chi connectivity index (χ4v) is 5.27. The van der Waals surface area contributed by atoms with Gasteiger partial charge in [-0.2, -0.15) is 0 Å². The van der Waals surface area contributed by atoms with Gasteiger partial charge in [0.15, 0.2) is 17.5 Å². The molecule has 2 saturated carbocycles. The molecule has 0 unspecified atom stereocenters. The zero-order valence-electron chi connectivity index (χ0n) is 20.1. The first kappa shape index (κ1) is 24.0. The first-order valence-corrected chi connectivity index (χ1v) is 12.8. The van der Waals surface area contributed by atoms with Gasteiger partial charge in [-0.05, 0) is 69.0 Å². The zero-order chi connectivity index (χ0) is 25.7. The molecule has 0 amide bonds. The van der Waals surface area contributed by atoms with E-state index in [9.17, 15) is 8.78 Å². The number of aromatic nitrogens is 5. The summed E-state index contributed by atoms with van der Waals surface area (Å²) in [5.41, 5.74) is 1.78. The average Bonchev–Trinajstić information content (AvgIpc) is 3.61. The largest absolute Gasteiger partial charge is 0.367 e. The number of halogens is 4. The van der Waals surface area contributed by atoms with Crippen LogP contribution < -0.4 is 10.6 Å². The Kier molecular flexibility index (Phi) is 6.14. The molecule has 0 bridgehead atoms. The molecule has 0 radical (unpaired) electrons. The van der Waals surface area contributed by atoms with Crippen molar-refractivity contribution >= 4 is 34.1 Å². The quantitative estimate of drug-likeness (QED) is 0.248. The van der Waals surface area contributed by atoms with Crippen LogP contribution in [0.25, 0.3) is 22.3 Å². The third-order valence-electron chi connectivity index (χ3n) is 7.12. The minimum Gasteiger partial charge on any atom is -0.367 e. The summed E-state index contributed by atoms with van der Waals surface area (Å²) in [6.45, 7) is 1.55. The van der Waals surface area contributed by atoms with Crippen molar-refractivity contribution in [3.8, 4) is 11.4 Å². The van der Waals surface area contributed by atoms with Crippen LogP contribution in [0, 0.1) is 24.4 Å². The predicted molar refractivity (Wildman–Crippen MR) is 136 cm³/mol. The molecule has 3 N–H and O–H groups in total. The molecule has 1 aromatic carbocycles. The Labute approximate surface area is 216 Å². The van der Waals surface area contributed by atoms with Crippen molar-refractivity contribution in [1.29, 1.82) is 0 Å². The maximum Gasteiger partial charge on any atom is 0.224 e. The second-order valence-electron chi connectivity index (χ2n) is 9.87. The van der Waals surface area contributed by atoms with Gasteiger partial charge in [-0.1, -0.05) is 0 Å². The van der Waals surface area contributed by atoms with Crippen LogP contribution in [0.5, 0.6) is 0 Å². The Balaban J connectivity index is 1.24. The Bertz CT molecular complexity index is 1490. The third kappa shape index (κ3) is 4.82. The van der Waals surface area contributed by atoms with Crippen molar-refractivity contribution in [3.63, 3.8) is 0 Å². The molecule has 4 aromatic rings. The number of fused-ring (bicyclic) bond motifs is 1. The highest BCUT2D eigenvalue weighted by atomic mass is 35.5.